The summed E-state index contributed by atoms with van der Waals surface area (Å²) in [7, 11) is 0. The Labute approximate surface area is 122 Å². The van der Waals surface area contributed by atoms with Crippen molar-refractivity contribution >= 4 is 5.78 Å². The number of carbonyl (C=O) groups excluding carboxylic acids is 1. The summed E-state index contributed by atoms with van der Waals surface area (Å²) in [6.07, 6.45) is 2.82. The Kier molecular flexibility index (Phi) is 3.69. The topological polar surface area (TPSA) is 39.1 Å². The predicted molar refractivity (Wildman–Crippen MR) is 77.8 cm³/mol. The van der Waals surface area contributed by atoms with Crippen molar-refractivity contribution in [1.82, 2.24) is 4.57 Å². The SMILES string of the molecule is O=C(Cc1ccccc1F)Cn1c2c(ccc1=O)CCC2. The maximum Gasteiger partial charge on any atom is 0.251 e. The highest BCUT2D eigenvalue weighted by atomic mass is 19.1. The van der Waals surface area contributed by atoms with Crippen LogP contribution in [0.3, 0.4) is 0 Å². The van der Waals surface area contributed by atoms with Gasteiger partial charge >= 0.3 is 0 Å². The third-order valence-electron chi connectivity index (χ3n) is 3.93. The van der Waals surface area contributed by atoms with E-state index in [0.29, 0.717) is 5.56 Å². The van der Waals surface area contributed by atoms with Crippen LogP contribution in [0.4, 0.5) is 4.39 Å². The summed E-state index contributed by atoms with van der Waals surface area (Å²) in [5.74, 6) is -0.529. The van der Waals surface area contributed by atoms with Crippen molar-refractivity contribution < 1.29 is 9.18 Å². The first-order chi connectivity index (χ1) is 10.1. The van der Waals surface area contributed by atoms with E-state index in [4.69, 9.17) is 0 Å². The molecule has 0 saturated heterocycles. The number of benzene rings is 1. The number of carbonyl (C=O) groups is 1. The fourth-order valence-electron chi connectivity index (χ4n) is 2.89. The van der Waals surface area contributed by atoms with Crippen LogP contribution in [0.25, 0.3) is 0 Å². The van der Waals surface area contributed by atoms with E-state index < -0.39 is 0 Å². The zero-order valence-electron chi connectivity index (χ0n) is 11.6. The summed E-state index contributed by atoms with van der Waals surface area (Å²) in [5, 5.41) is 0. The highest BCUT2D eigenvalue weighted by molar-refractivity contribution is 5.80. The van der Waals surface area contributed by atoms with Gasteiger partial charge in [-0.2, -0.15) is 0 Å². The molecule has 0 aliphatic heterocycles. The molecule has 0 saturated carbocycles. The number of aryl methyl sites for hydroxylation is 1. The lowest BCUT2D eigenvalue weighted by Gasteiger charge is -2.11. The number of ketones is 1. The van der Waals surface area contributed by atoms with Gasteiger partial charge in [-0.05, 0) is 36.5 Å². The minimum absolute atomic E-state index is 0.0166. The molecule has 0 spiro atoms. The second-order valence-electron chi connectivity index (χ2n) is 5.39. The van der Waals surface area contributed by atoms with Crippen LogP contribution in [0.1, 0.15) is 23.2 Å². The average molecular weight is 285 g/mol. The number of nitrogens with zero attached hydrogens (tertiary/aromatic N) is 1. The molecule has 1 heterocycles. The van der Waals surface area contributed by atoms with Crippen molar-refractivity contribution in [1.29, 1.82) is 0 Å². The van der Waals surface area contributed by atoms with Crippen LogP contribution in [0.15, 0.2) is 41.2 Å². The number of halogens is 1. The zero-order chi connectivity index (χ0) is 14.8. The van der Waals surface area contributed by atoms with Crippen LogP contribution in [0, 0.1) is 5.82 Å². The summed E-state index contributed by atoms with van der Waals surface area (Å²) in [6.45, 7) is 0.0241. The molecule has 4 heteroatoms. The Balaban J connectivity index is 1.82. The lowest BCUT2D eigenvalue weighted by molar-refractivity contribution is -0.119. The molecule has 0 unspecified atom stereocenters. The molecule has 1 aromatic heterocycles. The fourth-order valence-corrected chi connectivity index (χ4v) is 2.89. The molecule has 1 aromatic carbocycles. The monoisotopic (exact) mass is 285 g/mol. The first-order valence-corrected chi connectivity index (χ1v) is 7.12. The van der Waals surface area contributed by atoms with Crippen molar-refractivity contribution in [2.45, 2.75) is 32.2 Å². The van der Waals surface area contributed by atoms with Gasteiger partial charge < -0.3 is 4.57 Å². The van der Waals surface area contributed by atoms with Crippen LogP contribution < -0.4 is 5.56 Å². The maximum atomic E-state index is 13.6. The van der Waals surface area contributed by atoms with E-state index in [1.54, 1.807) is 22.8 Å². The van der Waals surface area contributed by atoms with E-state index >= 15 is 0 Å². The molecule has 3 nitrogen and oxygen atoms in total. The van der Waals surface area contributed by atoms with Gasteiger partial charge in [0.05, 0.1) is 6.54 Å². The molecular weight excluding hydrogens is 269 g/mol. The number of rotatable bonds is 4. The molecule has 0 radical (unpaired) electrons. The molecule has 21 heavy (non-hydrogen) atoms. The molecule has 0 bridgehead atoms. The lowest BCUT2D eigenvalue weighted by atomic mass is 10.1. The second kappa shape index (κ2) is 5.64. The smallest absolute Gasteiger partial charge is 0.251 e. The third kappa shape index (κ3) is 2.79. The van der Waals surface area contributed by atoms with Gasteiger partial charge in [0.1, 0.15) is 5.82 Å². The third-order valence-corrected chi connectivity index (χ3v) is 3.93. The minimum Gasteiger partial charge on any atom is -0.305 e. The van der Waals surface area contributed by atoms with Crippen LogP contribution in [-0.2, 0) is 30.6 Å². The Hall–Kier alpha value is -2.23. The van der Waals surface area contributed by atoms with Gasteiger partial charge in [-0.15, -0.1) is 0 Å². The fraction of sp³-hybridized carbons (Fsp3) is 0.294. The zero-order valence-corrected chi connectivity index (χ0v) is 11.6. The van der Waals surface area contributed by atoms with Gasteiger partial charge in [-0.3, -0.25) is 9.59 Å². The Bertz CT molecular complexity index is 749. The number of hydrogen-bond donors (Lipinski definition) is 0. The largest absolute Gasteiger partial charge is 0.305 e. The maximum absolute atomic E-state index is 13.6. The van der Waals surface area contributed by atoms with E-state index in [1.807, 2.05) is 6.07 Å². The number of aromatic nitrogens is 1. The van der Waals surface area contributed by atoms with Gasteiger partial charge in [0, 0.05) is 18.2 Å². The predicted octanol–water partition coefficient (Wildman–Crippen LogP) is 2.29. The quantitative estimate of drug-likeness (QED) is 0.864. The lowest BCUT2D eigenvalue weighted by Crippen LogP contribution is -2.27. The first kappa shape index (κ1) is 13.7. The summed E-state index contributed by atoms with van der Waals surface area (Å²) < 4.78 is 15.1. The Morgan fingerprint density at radius 3 is 2.76 bits per heavy atom. The van der Waals surface area contributed by atoms with Crippen molar-refractivity contribution in [2.24, 2.45) is 0 Å². The van der Waals surface area contributed by atoms with Crippen molar-refractivity contribution in [2.75, 3.05) is 0 Å². The van der Waals surface area contributed by atoms with Crippen molar-refractivity contribution in [3.63, 3.8) is 0 Å². The van der Waals surface area contributed by atoms with E-state index in [0.717, 1.165) is 30.5 Å². The summed E-state index contributed by atoms with van der Waals surface area (Å²) in [5.41, 5.74) is 2.33. The standard InChI is InChI=1S/C17H16FNO2/c18-15-6-2-1-4-13(15)10-14(20)11-19-16-7-3-5-12(16)8-9-17(19)21/h1-2,4,6,8-9H,3,5,7,10-11H2. The summed E-state index contributed by atoms with van der Waals surface area (Å²) in [4.78, 5) is 24.1. The van der Waals surface area contributed by atoms with Gasteiger partial charge in [-0.25, -0.2) is 4.39 Å². The normalized spacial score (nSPS) is 13.2. The van der Waals surface area contributed by atoms with Gasteiger partial charge in [-0.1, -0.05) is 24.3 Å². The molecule has 0 amide bonds. The second-order valence-corrected chi connectivity index (χ2v) is 5.39. The molecule has 3 rings (SSSR count). The van der Waals surface area contributed by atoms with Crippen LogP contribution in [0.5, 0.6) is 0 Å². The highest BCUT2D eigenvalue weighted by Crippen LogP contribution is 2.20. The van der Waals surface area contributed by atoms with Gasteiger partial charge in [0.2, 0.25) is 0 Å². The number of pyridine rings is 1. The van der Waals surface area contributed by atoms with E-state index in [1.165, 1.54) is 12.1 Å². The van der Waals surface area contributed by atoms with Crippen molar-refractivity contribution in [3.8, 4) is 0 Å². The van der Waals surface area contributed by atoms with E-state index in [2.05, 4.69) is 0 Å². The molecule has 0 N–H and O–H groups in total. The van der Waals surface area contributed by atoms with Crippen molar-refractivity contribution in [3.05, 3.63) is 69.4 Å². The summed E-state index contributed by atoms with van der Waals surface area (Å²) in [6, 6.07) is 9.61. The number of Topliss-reactive ketones (excluding diaryl/α,β-unsaturated/α-hetero) is 1. The van der Waals surface area contributed by atoms with E-state index in [-0.39, 0.29) is 30.1 Å². The molecule has 0 atom stereocenters. The Morgan fingerprint density at radius 1 is 1.14 bits per heavy atom. The van der Waals surface area contributed by atoms with Gasteiger partial charge in [0.15, 0.2) is 5.78 Å². The number of hydrogen-bond acceptors (Lipinski definition) is 2. The van der Waals surface area contributed by atoms with Crippen LogP contribution in [-0.4, -0.2) is 10.4 Å². The number of fused-ring (bicyclic) bond motifs is 1. The van der Waals surface area contributed by atoms with E-state index in [9.17, 15) is 14.0 Å². The molecule has 2 aromatic rings. The first-order valence-electron chi connectivity index (χ1n) is 7.12. The Morgan fingerprint density at radius 2 is 1.95 bits per heavy atom. The molecule has 1 aliphatic rings. The van der Waals surface area contributed by atoms with Crippen LogP contribution >= 0.6 is 0 Å². The highest BCUT2D eigenvalue weighted by Gasteiger charge is 2.18. The minimum atomic E-state index is -0.378. The van der Waals surface area contributed by atoms with Crippen LogP contribution in [0.2, 0.25) is 0 Å². The van der Waals surface area contributed by atoms with Gasteiger partial charge in [0.25, 0.3) is 5.56 Å². The average Bonchev–Trinajstić information content (AvgIpc) is 2.93. The molecule has 1 aliphatic carbocycles. The molecule has 0 fully saturated rings. The summed E-state index contributed by atoms with van der Waals surface area (Å²) >= 11 is 0. The molecular formula is C17H16FNO2. The molecule has 108 valence electrons.